The number of benzene rings is 1. The fourth-order valence-electron chi connectivity index (χ4n) is 2.25. The first-order valence-corrected chi connectivity index (χ1v) is 7.29. The van der Waals surface area contributed by atoms with Gasteiger partial charge in [0.25, 0.3) is 0 Å². The predicted octanol–water partition coefficient (Wildman–Crippen LogP) is 2.05. The number of hydrogen-bond donors (Lipinski definition) is 2. The molecule has 0 spiro atoms. The predicted molar refractivity (Wildman–Crippen MR) is 82.0 cm³/mol. The SMILES string of the molecule is CCNC(=O)CCCC(=O)C(C#N)c1nc2ccccc2[nH]1. The van der Waals surface area contributed by atoms with Crippen molar-refractivity contribution in [2.75, 3.05) is 6.54 Å². The van der Waals surface area contributed by atoms with Gasteiger partial charge in [-0.25, -0.2) is 4.98 Å². The van der Waals surface area contributed by atoms with Crippen LogP contribution in [0.15, 0.2) is 24.3 Å². The van der Waals surface area contributed by atoms with Gasteiger partial charge >= 0.3 is 0 Å². The van der Waals surface area contributed by atoms with E-state index in [4.69, 9.17) is 0 Å². The maximum Gasteiger partial charge on any atom is 0.219 e. The second kappa shape index (κ2) is 7.36. The molecule has 2 rings (SSSR count). The average Bonchev–Trinajstić information content (AvgIpc) is 2.91. The zero-order valence-electron chi connectivity index (χ0n) is 12.4. The van der Waals surface area contributed by atoms with Crippen molar-refractivity contribution >= 4 is 22.7 Å². The van der Waals surface area contributed by atoms with Gasteiger partial charge in [0, 0.05) is 19.4 Å². The third kappa shape index (κ3) is 3.70. The highest BCUT2D eigenvalue weighted by atomic mass is 16.1. The molecule has 0 aliphatic heterocycles. The summed E-state index contributed by atoms with van der Waals surface area (Å²) in [7, 11) is 0. The van der Waals surface area contributed by atoms with Crippen LogP contribution in [-0.4, -0.2) is 28.2 Å². The van der Waals surface area contributed by atoms with Crippen LogP contribution in [0, 0.1) is 11.3 Å². The molecule has 1 aromatic carbocycles. The van der Waals surface area contributed by atoms with Crippen molar-refractivity contribution in [3.63, 3.8) is 0 Å². The van der Waals surface area contributed by atoms with E-state index >= 15 is 0 Å². The Labute approximate surface area is 128 Å². The molecule has 114 valence electrons. The summed E-state index contributed by atoms with van der Waals surface area (Å²) in [5.74, 6) is -0.841. The molecule has 0 fully saturated rings. The summed E-state index contributed by atoms with van der Waals surface area (Å²) in [5, 5.41) is 11.9. The minimum atomic E-state index is -0.915. The number of H-pyrrole nitrogens is 1. The highest BCUT2D eigenvalue weighted by Crippen LogP contribution is 2.19. The number of ketones is 1. The molecule has 0 saturated heterocycles. The van der Waals surface area contributed by atoms with Gasteiger partial charge in [-0.15, -0.1) is 0 Å². The number of aromatic amines is 1. The van der Waals surface area contributed by atoms with Crippen LogP contribution in [-0.2, 0) is 9.59 Å². The van der Waals surface area contributed by atoms with E-state index in [0.29, 0.717) is 18.8 Å². The van der Waals surface area contributed by atoms with Gasteiger partial charge in [-0.1, -0.05) is 12.1 Å². The minimum Gasteiger partial charge on any atom is -0.356 e. The third-order valence-electron chi connectivity index (χ3n) is 3.33. The standard InChI is InChI=1S/C16H18N4O2/c1-2-18-15(22)9-5-8-14(21)11(10-17)16-19-12-6-3-4-7-13(12)20-16/h3-4,6-7,11H,2,5,8-9H2,1H3,(H,18,22)(H,19,20). The van der Waals surface area contributed by atoms with Crippen LogP contribution in [0.1, 0.15) is 37.9 Å². The zero-order valence-corrected chi connectivity index (χ0v) is 12.4. The minimum absolute atomic E-state index is 0.0763. The van der Waals surface area contributed by atoms with Crippen LogP contribution in [0.25, 0.3) is 11.0 Å². The molecule has 1 heterocycles. The lowest BCUT2D eigenvalue weighted by molar-refractivity contribution is -0.121. The molecule has 2 aromatic rings. The molecule has 0 bridgehead atoms. The summed E-state index contributed by atoms with van der Waals surface area (Å²) < 4.78 is 0. The normalized spacial score (nSPS) is 11.8. The first-order chi connectivity index (χ1) is 10.7. The smallest absolute Gasteiger partial charge is 0.219 e. The number of hydrogen-bond acceptors (Lipinski definition) is 4. The molecule has 6 nitrogen and oxygen atoms in total. The van der Waals surface area contributed by atoms with Crippen molar-refractivity contribution in [2.45, 2.75) is 32.1 Å². The average molecular weight is 298 g/mol. The van der Waals surface area contributed by atoms with Crippen LogP contribution in [0.2, 0.25) is 0 Å². The van der Waals surface area contributed by atoms with Crippen molar-refractivity contribution in [1.29, 1.82) is 5.26 Å². The van der Waals surface area contributed by atoms with Crippen molar-refractivity contribution in [1.82, 2.24) is 15.3 Å². The summed E-state index contributed by atoms with van der Waals surface area (Å²) >= 11 is 0. The fraction of sp³-hybridized carbons (Fsp3) is 0.375. The Morgan fingerprint density at radius 2 is 2.14 bits per heavy atom. The Morgan fingerprint density at radius 1 is 1.36 bits per heavy atom. The summed E-state index contributed by atoms with van der Waals surface area (Å²) in [5.41, 5.74) is 1.53. The van der Waals surface area contributed by atoms with E-state index in [-0.39, 0.29) is 24.5 Å². The monoisotopic (exact) mass is 298 g/mol. The van der Waals surface area contributed by atoms with Gasteiger partial charge < -0.3 is 10.3 Å². The van der Waals surface area contributed by atoms with Crippen molar-refractivity contribution in [2.24, 2.45) is 0 Å². The number of fused-ring (bicyclic) bond motifs is 1. The summed E-state index contributed by atoms with van der Waals surface area (Å²) in [6, 6.07) is 9.38. The molecular formula is C16H18N4O2. The van der Waals surface area contributed by atoms with Gasteiger partial charge in [0.05, 0.1) is 17.1 Å². The van der Waals surface area contributed by atoms with E-state index in [1.165, 1.54) is 0 Å². The molecule has 22 heavy (non-hydrogen) atoms. The van der Waals surface area contributed by atoms with Gasteiger partial charge in [-0.3, -0.25) is 9.59 Å². The fourth-order valence-corrected chi connectivity index (χ4v) is 2.25. The van der Waals surface area contributed by atoms with E-state index in [1.54, 1.807) is 0 Å². The van der Waals surface area contributed by atoms with Gasteiger partial charge in [-0.05, 0) is 25.5 Å². The Morgan fingerprint density at radius 3 is 2.82 bits per heavy atom. The van der Waals surface area contributed by atoms with Gasteiger partial charge in [0.2, 0.25) is 5.91 Å². The van der Waals surface area contributed by atoms with Crippen LogP contribution in [0.3, 0.4) is 0 Å². The van der Waals surface area contributed by atoms with Crippen molar-refractivity contribution in [3.8, 4) is 6.07 Å². The lowest BCUT2D eigenvalue weighted by Gasteiger charge is -2.05. The van der Waals surface area contributed by atoms with Gasteiger partial charge in [0.1, 0.15) is 5.82 Å². The molecule has 1 atom stereocenters. The number of carbonyl (C=O) groups excluding carboxylic acids is 2. The Hall–Kier alpha value is -2.68. The largest absolute Gasteiger partial charge is 0.356 e. The zero-order chi connectivity index (χ0) is 15.9. The molecule has 1 aromatic heterocycles. The number of carbonyl (C=O) groups is 2. The van der Waals surface area contributed by atoms with E-state index in [1.807, 2.05) is 37.3 Å². The van der Waals surface area contributed by atoms with Gasteiger partial charge in [0.15, 0.2) is 11.7 Å². The Bertz CT molecular complexity index is 681. The molecule has 1 amide bonds. The van der Waals surface area contributed by atoms with Crippen LogP contribution in [0.5, 0.6) is 0 Å². The highest BCUT2D eigenvalue weighted by molar-refractivity contribution is 5.89. The molecular weight excluding hydrogens is 280 g/mol. The third-order valence-corrected chi connectivity index (χ3v) is 3.33. The maximum absolute atomic E-state index is 12.2. The number of Topliss-reactive ketones (excluding diaryl/α,β-unsaturated/α-hetero) is 1. The van der Waals surface area contributed by atoms with Crippen LogP contribution in [0.4, 0.5) is 0 Å². The molecule has 0 aliphatic rings. The van der Waals surface area contributed by atoms with Crippen LogP contribution >= 0.6 is 0 Å². The summed E-state index contributed by atoms with van der Waals surface area (Å²) in [4.78, 5) is 30.8. The number of rotatable bonds is 7. The first kappa shape index (κ1) is 15.7. The molecule has 1 unspecified atom stereocenters. The highest BCUT2D eigenvalue weighted by Gasteiger charge is 2.23. The molecule has 0 radical (unpaired) electrons. The second-order valence-corrected chi connectivity index (χ2v) is 4.97. The first-order valence-electron chi connectivity index (χ1n) is 7.29. The molecule has 0 aliphatic carbocycles. The van der Waals surface area contributed by atoms with E-state index < -0.39 is 5.92 Å². The van der Waals surface area contributed by atoms with Crippen molar-refractivity contribution in [3.05, 3.63) is 30.1 Å². The molecule has 2 N–H and O–H groups in total. The lowest BCUT2D eigenvalue weighted by atomic mass is 10.00. The van der Waals surface area contributed by atoms with Crippen LogP contribution < -0.4 is 5.32 Å². The number of nitrogens with one attached hydrogen (secondary N) is 2. The quantitative estimate of drug-likeness (QED) is 0.817. The lowest BCUT2D eigenvalue weighted by Crippen LogP contribution is -2.22. The van der Waals surface area contributed by atoms with E-state index in [2.05, 4.69) is 15.3 Å². The Balaban J connectivity index is 2.00. The Kier molecular flexibility index (Phi) is 5.26. The number of nitriles is 1. The summed E-state index contributed by atoms with van der Waals surface area (Å²) in [6.07, 6.45) is 0.910. The van der Waals surface area contributed by atoms with Crippen molar-refractivity contribution < 1.29 is 9.59 Å². The number of para-hydroxylation sites is 2. The number of nitrogens with zero attached hydrogens (tertiary/aromatic N) is 2. The topological polar surface area (TPSA) is 98.6 Å². The number of amides is 1. The summed E-state index contributed by atoms with van der Waals surface area (Å²) in [6.45, 7) is 2.42. The van der Waals surface area contributed by atoms with Gasteiger partial charge in [-0.2, -0.15) is 5.26 Å². The molecule has 6 heteroatoms. The molecule has 0 saturated carbocycles. The second-order valence-electron chi connectivity index (χ2n) is 4.97. The van der Waals surface area contributed by atoms with E-state index in [9.17, 15) is 14.9 Å². The maximum atomic E-state index is 12.2. The number of aromatic nitrogens is 2. The number of imidazole rings is 1. The van der Waals surface area contributed by atoms with E-state index in [0.717, 1.165) is 11.0 Å².